The van der Waals surface area contributed by atoms with Gasteiger partial charge < -0.3 is 10.2 Å². The number of Topliss-reactive ketones (excluding diaryl/α,β-unsaturated/α-hetero) is 1. The number of carbonyl (C=O) groups is 1. The zero-order chi connectivity index (χ0) is 10.0. The summed E-state index contributed by atoms with van der Waals surface area (Å²) in [6.45, 7) is 0. The maximum Gasteiger partial charge on any atom is 0.219 e. The number of halogens is 2. The summed E-state index contributed by atoms with van der Waals surface area (Å²) in [5.74, 6) is -1.54. The van der Waals surface area contributed by atoms with Crippen LogP contribution in [-0.2, 0) is 0 Å². The van der Waals surface area contributed by atoms with Gasteiger partial charge in [0.15, 0.2) is 0 Å². The summed E-state index contributed by atoms with van der Waals surface area (Å²) >= 11 is 5.49. The Labute approximate surface area is 78.4 Å². The lowest BCUT2D eigenvalue weighted by molar-refractivity contribution is -0.0195. The van der Waals surface area contributed by atoms with E-state index in [9.17, 15) is 9.18 Å². The zero-order valence-electron chi connectivity index (χ0n) is 6.37. The van der Waals surface area contributed by atoms with Gasteiger partial charge in [0, 0.05) is 5.56 Å². The van der Waals surface area contributed by atoms with E-state index in [0.29, 0.717) is 0 Å². The van der Waals surface area contributed by atoms with Crippen molar-refractivity contribution in [1.29, 1.82) is 0 Å². The molecule has 0 amide bonds. The fourth-order valence-corrected chi connectivity index (χ4v) is 1.09. The van der Waals surface area contributed by atoms with E-state index in [2.05, 4.69) is 0 Å². The molecule has 1 aromatic rings. The fourth-order valence-electron chi connectivity index (χ4n) is 0.828. The van der Waals surface area contributed by atoms with Crippen molar-refractivity contribution < 1.29 is 19.4 Å². The average Bonchev–Trinajstić information content (AvgIpc) is 2.03. The fraction of sp³-hybridized carbons (Fsp3) is 0.125. The van der Waals surface area contributed by atoms with Gasteiger partial charge >= 0.3 is 0 Å². The number of aliphatic hydroxyl groups is 2. The van der Waals surface area contributed by atoms with Crippen molar-refractivity contribution >= 4 is 17.4 Å². The van der Waals surface area contributed by atoms with Crippen LogP contribution >= 0.6 is 11.6 Å². The number of hydrogen-bond donors (Lipinski definition) is 2. The van der Waals surface area contributed by atoms with E-state index >= 15 is 0 Å². The average molecular weight is 205 g/mol. The Morgan fingerprint density at radius 2 is 2.08 bits per heavy atom. The summed E-state index contributed by atoms with van der Waals surface area (Å²) in [5.41, 5.74) is -0.113. The van der Waals surface area contributed by atoms with Gasteiger partial charge in [0.2, 0.25) is 12.1 Å². The summed E-state index contributed by atoms with van der Waals surface area (Å²) in [5, 5.41) is 16.9. The molecule has 0 spiro atoms. The second-order valence-corrected chi connectivity index (χ2v) is 2.77. The summed E-state index contributed by atoms with van der Waals surface area (Å²) in [4.78, 5) is 11.0. The Balaban J connectivity index is 3.09. The molecule has 0 radical (unpaired) electrons. The van der Waals surface area contributed by atoms with Crippen molar-refractivity contribution in [2.24, 2.45) is 0 Å². The van der Waals surface area contributed by atoms with Gasteiger partial charge in [0.05, 0.1) is 5.02 Å². The topological polar surface area (TPSA) is 57.5 Å². The highest BCUT2D eigenvalue weighted by Crippen LogP contribution is 2.18. The SMILES string of the molecule is O=C(c1ccc(F)cc1Cl)C(O)O. The van der Waals surface area contributed by atoms with E-state index in [0.717, 1.165) is 18.2 Å². The second kappa shape index (κ2) is 3.83. The van der Waals surface area contributed by atoms with Gasteiger partial charge in [-0.05, 0) is 18.2 Å². The highest BCUT2D eigenvalue weighted by Gasteiger charge is 2.17. The van der Waals surface area contributed by atoms with Crippen LogP contribution in [0.3, 0.4) is 0 Å². The molecular formula is C8H6ClFO3. The van der Waals surface area contributed by atoms with Crippen LogP contribution in [0.25, 0.3) is 0 Å². The predicted octanol–water partition coefficient (Wildman–Crippen LogP) is 0.973. The van der Waals surface area contributed by atoms with Crippen molar-refractivity contribution in [1.82, 2.24) is 0 Å². The van der Waals surface area contributed by atoms with Gasteiger partial charge in [-0.2, -0.15) is 0 Å². The molecule has 2 N–H and O–H groups in total. The van der Waals surface area contributed by atoms with E-state index < -0.39 is 17.9 Å². The largest absolute Gasteiger partial charge is 0.362 e. The van der Waals surface area contributed by atoms with Crippen LogP contribution in [0.1, 0.15) is 10.4 Å². The van der Waals surface area contributed by atoms with Crippen LogP contribution < -0.4 is 0 Å². The smallest absolute Gasteiger partial charge is 0.219 e. The van der Waals surface area contributed by atoms with E-state index in [1.807, 2.05) is 0 Å². The molecular weight excluding hydrogens is 199 g/mol. The first-order valence-electron chi connectivity index (χ1n) is 3.38. The molecule has 70 valence electrons. The monoisotopic (exact) mass is 204 g/mol. The maximum absolute atomic E-state index is 12.5. The number of rotatable bonds is 2. The summed E-state index contributed by atoms with van der Waals surface area (Å²) in [6.07, 6.45) is -2.12. The van der Waals surface area contributed by atoms with Crippen LogP contribution in [0, 0.1) is 5.82 Å². The van der Waals surface area contributed by atoms with Gasteiger partial charge in [-0.1, -0.05) is 11.6 Å². The van der Waals surface area contributed by atoms with Gasteiger partial charge in [-0.15, -0.1) is 0 Å². The molecule has 1 aromatic carbocycles. The molecule has 0 aliphatic heterocycles. The highest BCUT2D eigenvalue weighted by atomic mass is 35.5. The van der Waals surface area contributed by atoms with E-state index in [4.69, 9.17) is 21.8 Å². The standard InChI is InChI=1S/C8H6ClFO3/c9-6-3-4(10)1-2-5(6)7(11)8(12)13/h1-3,8,12-13H. The minimum absolute atomic E-state index is 0.113. The van der Waals surface area contributed by atoms with Crippen molar-refractivity contribution in [3.05, 3.63) is 34.6 Å². The van der Waals surface area contributed by atoms with Gasteiger partial charge in [-0.3, -0.25) is 4.79 Å². The number of hydrogen-bond acceptors (Lipinski definition) is 3. The van der Waals surface area contributed by atoms with Gasteiger partial charge in [0.1, 0.15) is 5.82 Å². The lowest BCUT2D eigenvalue weighted by Crippen LogP contribution is -2.19. The minimum atomic E-state index is -2.12. The van der Waals surface area contributed by atoms with Crippen molar-refractivity contribution in [3.63, 3.8) is 0 Å². The van der Waals surface area contributed by atoms with Crippen molar-refractivity contribution in [3.8, 4) is 0 Å². The lowest BCUT2D eigenvalue weighted by Gasteiger charge is -2.04. The molecule has 0 aromatic heterocycles. The van der Waals surface area contributed by atoms with E-state index in [1.54, 1.807) is 0 Å². The third kappa shape index (κ3) is 2.24. The first-order chi connectivity index (χ1) is 6.02. The molecule has 0 aliphatic rings. The molecule has 0 saturated carbocycles. The third-order valence-electron chi connectivity index (χ3n) is 1.43. The van der Waals surface area contributed by atoms with Gasteiger partial charge in [0.25, 0.3) is 0 Å². The summed E-state index contributed by atoms with van der Waals surface area (Å²) < 4.78 is 12.5. The molecule has 13 heavy (non-hydrogen) atoms. The Kier molecular flexibility index (Phi) is 2.98. The molecule has 3 nitrogen and oxygen atoms in total. The second-order valence-electron chi connectivity index (χ2n) is 2.36. The molecule has 5 heteroatoms. The van der Waals surface area contributed by atoms with Crippen LogP contribution in [0.5, 0.6) is 0 Å². The number of aliphatic hydroxyl groups excluding tert-OH is 1. The minimum Gasteiger partial charge on any atom is -0.362 e. The molecule has 0 saturated heterocycles. The maximum atomic E-state index is 12.5. The van der Waals surface area contributed by atoms with Crippen LogP contribution in [0.15, 0.2) is 18.2 Å². The Hall–Kier alpha value is -0.970. The van der Waals surface area contributed by atoms with E-state index in [-0.39, 0.29) is 10.6 Å². The zero-order valence-corrected chi connectivity index (χ0v) is 7.12. The lowest BCUT2D eigenvalue weighted by atomic mass is 10.1. The molecule has 0 atom stereocenters. The number of ketones is 1. The quantitative estimate of drug-likeness (QED) is 0.558. The molecule has 0 aliphatic carbocycles. The molecule has 0 fully saturated rings. The predicted molar refractivity (Wildman–Crippen MR) is 44.0 cm³/mol. The first-order valence-corrected chi connectivity index (χ1v) is 3.75. The highest BCUT2D eigenvalue weighted by molar-refractivity contribution is 6.34. The summed E-state index contributed by atoms with van der Waals surface area (Å²) in [6, 6.07) is 3.04. The van der Waals surface area contributed by atoms with Crippen LogP contribution in [-0.4, -0.2) is 22.3 Å². The number of benzene rings is 1. The molecule has 0 unspecified atom stereocenters. The third-order valence-corrected chi connectivity index (χ3v) is 1.74. The number of carbonyl (C=O) groups excluding carboxylic acids is 1. The first kappa shape index (κ1) is 10.1. The molecule has 0 heterocycles. The van der Waals surface area contributed by atoms with Crippen LogP contribution in [0.2, 0.25) is 5.02 Å². The molecule has 1 rings (SSSR count). The van der Waals surface area contributed by atoms with Crippen LogP contribution in [0.4, 0.5) is 4.39 Å². The normalized spacial score (nSPS) is 10.5. The molecule has 0 bridgehead atoms. The van der Waals surface area contributed by atoms with Crippen molar-refractivity contribution in [2.45, 2.75) is 6.29 Å². The Bertz CT molecular complexity index is 338. The summed E-state index contributed by atoms with van der Waals surface area (Å²) in [7, 11) is 0. The Morgan fingerprint density at radius 3 is 2.54 bits per heavy atom. The van der Waals surface area contributed by atoms with Gasteiger partial charge in [-0.25, -0.2) is 4.39 Å². The van der Waals surface area contributed by atoms with E-state index in [1.165, 1.54) is 0 Å². The van der Waals surface area contributed by atoms with Crippen molar-refractivity contribution in [2.75, 3.05) is 0 Å². The Morgan fingerprint density at radius 1 is 1.46 bits per heavy atom.